The van der Waals surface area contributed by atoms with Gasteiger partial charge in [0.25, 0.3) is 11.8 Å². The van der Waals surface area contributed by atoms with Crippen molar-refractivity contribution in [2.75, 3.05) is 18.4 Å². The molecule has 0 saturated heterocycles. The van der Waals surface area contributed by atoms with Gasteiger partial charge in [0.05, 0.1) is 16.4 Å². The highest BCUT2D eigenvalue weighted by molar-refractivity contribution is 8.14. The summed E-state index contributed by atoms with van der Waals surface area (Å²) in [5, 5.41) is 4.31. The number of benzene rings is 2. The van der Waals surface area contributed by atoms with Crippen LogP contribution in [-0.4, -0.2) is 73.9 Å². The standard InChI is InChI=1S/C35H39N5O6S/c1-23(2)17-21-40(35(46)38-29(22-25-10-5-4-6-11-25)31(42)37-26-15-18-36-19-16-26)34(45)30(47-24(3)41)14-9-20-39-32(43)27-12-7-8-13-28(27)33(39)44/h4-8,10-13,15-16,18-19,23,29-30H,9,14,17,20-22H2,1-3H3,(H,38,46)(H,36,37,42)/t29-,30-/m0/s1. The first-order valence-corrected chi connectivity index (χ1v) is 16.4. The van der Waals surface area contributed by atoms with Crippen molar-refractivity contribution in [1.29, 1.82) is 0 Å². The largest absolute Gasteiger partial charge is 0.325 e. The zero-order valence-corrected chi connectivity index (χ0v) is 27.5. The molecule has 0 spiro atoms. The fraction of sp³-hybridized carbons (Fsp3) is 0.343. The number of hydrogen-bond acceptors (Lipinski definition) is 8. The minimum atomic E-state index is -1.03. The number of pyridine rings is 1. The minimum Gasteiger partial charge on any atom is -0.325 e. The second-order valence-electron chi connectivity index (χ2n) is 11.6. The molecule has 0 saturated carbocycles. The molecule has 246 valence electrons. The SMILES string of the molecule is CC(=O)S[C@@H](CCCN1C(=O)c2ccccc2C1=O)C(=O)N(CCC(C)C)C(=O)N[C@@H](Cc1ccccc1)C(=O)Nc1ccncc1. The van der Waals surface area contributed by atoms with Crippen LogP contribution in [0.4, 0.5) is 10.5 Å². The Hall–Kier alpha value is -4.84. The van der Waals surface area contributed by atoms with E-state index in [4.69, 9.17) is 0 Å². The number of imide groups is 2. The fourth-order valence-corrected chi connectivity index (χ4v) is 6.05. The maximum atomic E-state index is 14.0. The van der Waals surface area contributed by atoms with Crippen molar-refractivity contribution in [3.8, 4) is 0 Å². The Morgan fingerprint density at radius 1 is 0.872 bits per heavy atom. The van der Waals surface area contributed by atoms with E-state index >= 15 is 0 Å². The van der Waals surface area contributed by atoms with Crippen LogP contribution in [0.3, 0.4) is 0 Å². The Kier molecular flexibility index (Phi) is 12.4. The second-order valence-corrected chi connectivity index (χ2v) is 13.0. The number of hydrogen-bond donors (Lipinski definition) is 2. The Morgan fingerprint density at radius 2 is 1.49 bits per heavy atom. The number of thioether (sulfide) groups is 1. The Labute approximate surface area is 278 Å². The number of anilines is 1. The van der Waals surface area contributed by atoms with Gasteiger partial charge in [-0.05, 0) is 55.0 Å². The first-order chi connectivity index (χ1) is 22.5. The third-order valence-electron chi connectivity index (χ3n) is 7.60. The van der Waals surface area contributed by atoms with E-state index in [0.29, 0.717) is 23.2 Å². The van der Waals surface area contributed by atoms with E-state index in [-0.39, 0.29) is 43.4 Å². The molecule has 0 aliphatic carbocycles. The topological polar surface area (TPSA) is 146 Å². The molecule has 0 fully saturated rings. The number of carbonyl (C=O) groups is 6. The number of fused-ring (bicyclic) bond motifs is 1. The van der Waals surface area contributed by atoms with Gasteiger partial charge in [0.15, 0.2) is 5.12 Å². The zero-order valence-electron chi connectivity index (χ0n) is 26.7. The van der Waals surface area contributed by atoms with E-state index in [9.17, 15) is 28.8 Å². The van der Waals surface area contributed by atoms with Crippen LogP contribution in [0.1, 0.15) is 66.3 Å². The maximum Gasteiger partial charge on any atom is 0.324 e. The molecule has 2 aromatic carbocycles. The van der Waals surface area contributed by atoms with E-state index in [0.717, 1.165) is 27.1 Å². The van der Waals surface area contributed by atoms with Crippen molar-refractivity contribution in [3.63, 3.8) is 0 Å². The quantitative estimate of drug-likeness (QED) is 0.232. The van der Waals surface area contributed by atoms with Gasteiger partial charge in [-0.2, -0.15) is 0 Å². The maximum absolute atomic E-state index is 14.0. The molecule has 12 heteroatoms. The van der Waals surface area contributed by atoms with Crippen LogP contribution in [0.15, 0.2) is 79.1 Å². The van der Waals surface area contributed by atoms with E-state index in [1.165, 1.54) is 19.3 Å². The van der Waals surface area contributed by atoms with Crippen LogP contribution < -0.4 is 10.6 Å². The van der Waals surface area contributed by atoms with Gasteiger partial charge in [-0.1, -0.05) is 68.1 Å². The molecule has 3 aromatic rings. The van der Waals surface area contributed by atoms with Crippen LogP contribution in [0.5, 0.6) is 0 Å². The van der Waals surface area contributed by atoms with Crippen molar-refractivity contribution >= 4 is 52.2 Å². The van der Waals surface area contributed by atoms with Crippen LogP contribution in [0.25, 0.3) is 0 Å². The van der Waals surface area contributed by atoms with Crippen molar-refractivity contribution in [3.05, 3.63) is 95.8 Å². The number of nitrogens with zero attached hydrogens (tertiary/aromatic N) is 3. The lowest BCUT2D eigenvalue weighted by Gasteiger charge is -2.28. The molecule has 0 bridgehead atoms. The summed E-state index contributed by atoms with van der Waals surface area (Å²) in [5.41, 5.74) is 1.97. The van der Waals surface area contributed by atoms with Gasteiger partial charge < -0.3 is 10.6 Å². The number of aromatic nitrogens is 1. The summed E-state index contributed by atoms with van der Waals surface area (Å²) in [4.78, 5) is 85.4. The molecule has 11 nitrogen and oxygen atoms in total. The molecule has 0 radical (unpaired) electrons. The van der Waals surface area contributed by atoms with Crippen LogP contribution in [-0.2, 0) is 20.8 Å². The van der Waals surface area contributed by atoms with Gasteiger partial charge in [0, 0.05) is 44.5 Å². The van der Waals surface area contributed by atoms with Crippen LogP contribution in [0, 0.1) is 5.92 Å². The molecule has 1 aliphatic rings. The zero-order chi connectivity index (χ0) is 33.9. The van der Waals surface area contributed by atoms with Gasteiger partial charge in [0.1, 0.15) is 6.04 Å². The molecule has 1 aromatic heterocycles. The number of urea groups is 1. The Balaban J connectivity index is 1.51. The van der Waals surface area contributed by atoms with Crippen LogP contribution >= 0.6 is 11.8 Å². The summed E-state index contributed by atoms with van der Waals surface area (Å²) >= 11 is 0.805. The highest BCUT2D eigenvalue weighted by Gasteiger charge is 2.36. The predicted molar refractivity (Wildman–Crippen MR) is 180 cm³/mol. The molecule has 2 N–H and O–H groups in total. The number of nitrogens with one attached hydrogen (secondary N) is 2. The molecule has 4 rings (SSSR count). The second kappa shape index (κ2) is 16.6. The minimum absolute atomic E-state index is 0.0567. The highest BCUT2D eigenvalue weighted by atomic mass is 32.2. The van der Waals surface area contributed by atoms with Gasteiger partial charge in [-0.3, -0.25) is 38.8 Å². The van der Waals surface area contributed by atoms with Gasteiger partial charge in [-0.15, -0.1) is 0 Å². The molecule has 47 heavy (non-hydrogen) atoms. The predicted octanol–water partition coefficient (Wildman–Crippen LogP) is 4.94. The first-order valence-electron chi connectivity index (χ1n) is 15.5. The van der Waals surface area contributed by atoms with Crippen molar-refractivity contribution in [1.82, 2.24) is 20.1 Å². The van der Waals surface area contributed by atoms with E-state index in [1.54, 1.807) is 36.4 Å². The molecule has 1 aliphatic heterocycles. The lowest BCUT2D eigenvalue weighted by Crippen LogP contribution is -2.54. The third-order valence-corrected chi connectivity index (χ3v) is 8.65. The summed E-state index contributed by atoms with van der Waals surface area (Å²) < 4.78 is 0. The average molecular weight is 658 g/mol. The van der Waals surface area contributed by atoms with Gasteiger partial charge in [0.2, 0.25) is 11.8 Å². The van der Waals surface area contributed by atoms with Crippen molar-refractivity contribution in [2.45, 2.75) is 57.7 Å². The number of carbonyl (C=O) groups excluding carboxylic acids is 6. The molecule has 6 amide bonds. The molecular formula is C35H39N5O6S. The summed E-state index contributed by atoms with van der Waals surface area (Å²) in [6.45, 7) is 5.39. The lowest BCUT2D eigenvalue weighted by molar-refractivity contribution is -0.128. The van der Waals surface area contributed by atoms with Crippen LogP contribution in [0.2, 0.25) is 0 Å². The van der Waals surface area contributed by atoms with E-state index in [2.05, 4.69) is 15.6 Å². The molecular weight excluding hydrogens is 618 g/mol. The van der Waals surface area contributed by atoms with Crippen molar-refractivity contribution in [2.24, 2.45) is 5.92 Å². The summed E-state index contributed by atoms with van der Waals surface area (Å²) in [6.07, 6.45) is 4.12. The fourth-order valence-electron chi connectivity index (χ4n) is 5.13. The third kappa shape index (κ3) is 9.58. The number of rotatable bonds is 14. The Bertz CT molecular complexity index is 1570. The summed E-state index contributed by atoms with van der Waals surface area (Å²) in [7, 11) is 0. The average Bonchev–Trinajstić information content (AvgIpc) is 3.29. The highest BCUT2D eigenvalue weighted by Crippen LogP contribution is 2.25. The molecule has 2 atom stereocenters. The normalized spacial score (nSPS) is 13.6. The number of amides is 6. The summed E-state index contributed by atoms with van der Waals surface area (Å²) in [6, 6.07) is 17.2. The van der Waals surface area contributed by atoms with E-state index in [1.807, 2.05) is 44.2 Å². The van der Waals surface area contributed by atoms with E-state index < -0.39 is 41.0 Å². The monoisotopic (exact) mass is 657 g/mol. The molecule has 0 unspecified atom stereocenters. The first kappa shape index (κ1) is 35.0. The Morgan fingerprint density at radius 3 is 2.09 bits per heavy atom. The molecule has 2 heterocycles. The van der Waals surface area contributed by atoms with Gasteiger partial charge >= 0.3 is 6.03 Å². The summed E-state index contributed by atoms with van der Waals surface area (Å²) in [5.74, 6) is -1.71. The van der Waals surface area contributed by atoms with Gasteiger partial charge in [-0.25, -0.2) is 4.79 Å². The lowest BCUT2D eigenvalue weighted by atomic mass is 10.1. The van der Waals surface area contributed by atoms with Crippen molar-refractivity contribution < 1.29 is 28.8 Å². The smallest absolute Gasteiger partial charge is 0.324 e.